The lowest BCUT2D eigenvalue weighted by molar-refractivity contribution is 0.551. The van der Waals surface area contributed by atoms with Gasteiger partial charge in [0.05, 0.1) is 5.39 Å². The zero-order valence-electron chi connectivity index (χ0n) is 7.12. The highest BCUT2D eigenvalue weighted by Crippen LogP contribution is 2.11. The molecular weight excluding hydrogens is 164 g/mol. The molecular formula is C11H9O2. The molecule has 0 bridgehead atoms. The van der Waals surface area contributed by atoms with Crippen LogP contribution in [0.5, 0.6) is 0 Å². The van der Waals surface area contributed by atoms with Crippen molar-refractivity contribution in [1.82, 2.24) is 0 Å². The summed E-state index contributed by atoms with van der Waals surface area (Å²) in [6, 6.07) is 8.71. The molecule has 0 atom stereocenters. The first kappa shape index (κ1) is 8.05. The van der Waals surface area contributed by atoms with E-state index >= 15 is 0 Å². The van der Waals surface area contributed by atoms with Gasteiger partial charge >= 0.3 is 0 Å². The van der Waals surface area contributed by atoms with Crippen LogP contribution in [-0.2, 0) is 6.42 Å². The van der Waals surface area contributed by atoms with E-state index in [0.717, 1.165) is 0 Å². The molecule has 0 saturated carbocycles. The summed E-state index contributed by atoms with van der Waals surface area (Å²) in [5, 5.41) is 0.625. The number of rotatable bonds is 1. The normalized spacial score (nSPS) is 10.5. The van der Waals surface area contributed by atoms with E-state index in [1.54, 1.807) is 12.1 Å². The van der Waals surface area contributed by atoms with Crippen LogP contribution in [0.4, 0.5) is 0 Å². The van der Waals surface area contributed by atoms with Gasteiger partial charge in [0.2, 0.25) is 0 Å². The van der Waals surface area contributed by atoms with Gasteiger partial charge in [-0.3, -0.25) is 4.79 Å². The first-order valence-corrected chi connectivity index (χ1v) is 4.12. The van der Waals surface area contributed by atoms with E-state index < -0.39 is 0 Å². The second-order valence-corrected chi connectivity index (χ2v) is 2.82. The number of hydrogen-bond donors (Lipinski definition) is 0. The fourth-order valence-corrected chi connectivity index (χ4v) is 1.28. The highest BCUT2D eigenvalue weighted by molar-refractivity contribution is 5.76. The molecule has 2 heteroatoms. The fourth-order valence-electron chi connectivity index (χ4n) is 1.28. The fraction of sp³-hybridized carbons (Fsp3) is 0.0909. The van der Waals surface area contributed by atoms with Crippen molar-refractivity contribution >= 4 is 11.0 Å². The Balaban J connectivity index is 2.85. The number of para-hydroxylation sites is 1. The minimum atomic E-state index is 0.000463. The molecule has 0 N–H and O–H groups in total. The van der Waals surface area contributed by atoms with Crippen LogP contribution >= 0.6 is 0 Å². The highest BCUT2D eigenvalue weighted by atomic mass is 16.3. The van der Waals surface area contributed by atoms with Gasteiger partial charge in [0, 0.05) is 12.5 Å². The van der Waals surface area contributed by atoms with Crippen LogP contribution in [0.15, 0.2) is 39.5 Å². The van der Waals surface area contributed by atoms with Crippen molar-refractivity contribution in [3.05, 3.63) is 53.2 Å². The lowest BCUT2D eigenvalue weighted by Gasteiger charge is -1.98. The molecule has 0 aliphatic rings. The van der Waals surface area contributed by atoms with Crippen molar-refractivity contribution in [2.75, 3.05) is 0 Å². The minimum absolute atomic E-state index is 0.000463. The van der Waals surface area contributed by atoms with Gasteiger partial charge in [0.25, 0.3) is 0 Å². The minimum Gasteiger partial charge on any atom is -0.461 e. The van der Waals surface area contributed by atoms with Crippen molar-refractivity contribution in [3.63, 3.8) is 0 Å². The first-order chi connectivity index (χ1) is 6.31. The molecule has 2 nitrogen and oxygen atoms in total. The highest BCUT2D eigenvalue weighted by Gasteiger charge is 2.01. The molecule has 13 heavy (non-hydrogen) atoms. The summed E-state index contributed by atoms with van der Waals surface area (Å²) in [5.74, 6) is 0.628. The van der Waals surface area contributed by atoms with Crippen molar-refractivity contribution in [2.24, 2.45) is 0 Å². The molecule has 65 valence electrons. The zero-order valence-corrected chi connectivity index (χ0v) is 7.12. The topological polar surface area (TPSA) is 30.2 Å². The third kappa shape index (κ3) is 1.35. The van der Waals surface area contributed by atoms with Crippen molar-refractivity contribution in [1.29, 1.82) is 0 Å². The number of benzene rings is 1. The summed E-state index contributed by atoms with van der Waals surface area (Å²) in [6.45, 7) is 3.67. The largest absolute Gasteiger partial charge is 0.461 e. The summed E-state index contributed by atoms with van der Waals surface area (Å²) in [5.41, 5.74) is 0.633. The van der Waals surface area contributed by atoms with Gasteiger partial charge in [-0.1, -0.05) is 12.1 Å². The van der Waals surface area contributed by atoms with Gasteiger partial charge in [0.15, 0.2) is 5.43 Å². The Labute approximate surface area is 75.8 Å². The van der Waals surface area contributed by atoms with Crippen LogP contribution in [0.25, 0.3) is 11.0 Å². The van der Waals surface area contributed by atoms with Gasteiger partial charge < -0.3 is 4.42 Å². The molecule has 0 aliphatic carbocycles. The zero-order chi connectivity index (χ0) is 9.26. The average molecular weight is 173 g/mol. The van der Waals surface area contributed by atoms with E-state index in [9.17, 15) is 4.79 Å². The van der Waals surface area contributed by atoms with Crippen molar-refractivity contribution in [2.45, 2.75) is 6.42 Å². The quantitative estimate of drug-likeness (QED) is 0.661. The molecule has 1 aromatic heterocycles. The standard InChI is InChI=1S/C11H9O2/c1-2-8-7-10(12)9-5-3-4-6-11(9)13-8/h3-7H,1-2H2. The van der Waals surface area contributed by atoms with Gasteiger partial charge in [0.1, 0.15) is 11.3 Å². The lowest BCUT2D eigenvalue weighted by Crippen LogP contribution is -2.00. The van der Waals surface area contributed by atoms with Crippen LogP contribution in [0.1, 0.15) is 5.76 Å². The molecule has 0 spiro atoms. The van der Waals surface area contributed by atoms with Crippen LogP contribution in [0, 0.1) is 6.92 Å². The summed E-state index contributed by atoms with van der Waals surface area (Å²) in [6.07, 6.45) is 0.500. The Hall–Kier alpha value is -1.57. The average Bonchev–Trinajstić information content (AvgIpc) is 2.18. The van der Waals surface area contributed by atoms with Crippen molar-refractivity contribution in [3.8, 4) is 0 Å². The molecule has 0 aliphatic heterocycles. The van der Waals surface area contributed by atoms with Crippen molar-refractivity contribution < 1.29 is 4.42 Å². The van der Waals surface area contributed by atoms with Gasteiger partial charge in [-0.25, -0.2) is 0 Å². The molecule has 0 unspecified atom stereocenters. The summed E-state index contributed by atoms with van der Waals surface area (Å²) >= 11 is 0. The van der Waals surface area contributed by atoms with E-state index in [1.165, 1.54) is 6.07 Å². The second-order valence-electron chi connectivity index (χ2n) is 2.82. The SMILES string of the molecule is [CH2]Cc1cc(=O)c2ccccc2o1. The second kappa shape index (κ2) is 3.05. The molecule has 1 heterocycles. The Morgan fingerprint density at radius 2 is 2.08 bits per heavy atom. The smallest absolute Gasteiger partial charge is 0.192 e. The molecule has 0 saturated heterocycles. The third-order valence-electron chi connectivity index (χ3n) is 1.93. The molecule has 2 aromatic rings. The maximum atomic E-state index is 11.5. The van der Waals surface area contributed by atoms with Crippen LogP contribution < -0.4 is 5.43 Å². The summed E-state index contributed by atoms with van der Waals surface area (Å²) in [7, 11) is 0. The molecule has 1 radical (unpaired) electrons. The van der Waals surface area contributed by atoms with Gasteiger partial charge in [-0.15, -0.1) is 0 Å². The monoisotopic (exact) mass is 173 g/mol. The number of hydrogen-bond acceptors (Lipinski definition) is 2. The van der Waals surface area contributed by atoms with Crippen LogP contribution in [0.2, 0.25) is 0 Å². The predicted octanol–water partition coefficient (Wildman–Crippen LogP) is 2.17. The van der Waals surface area contributed by atoms with E-state index in [-0.39, 0.29) is 5.43 Å². The summed E-state index contributed by atoms with van der Waals surface area (Å²) in [4.78, 5) is 11.5. The molecule has 1 aromatic carbocycles. The summed E-state index contributed by atoms with van der Waals surface area (Å²) < 4.78 is 5.43. The van der Waals surface area contributed by atoms with Crippen LogP contribution in [-0.4, -0.2) is 0 Å². The van der Waals surface area contributed by atoms with E-state index in [0.29, 0.717) is 23.2 Å². The van der Waals surface area contributed by atoms with E-state index in [4.69, 9.17) is 4.42 Å². The van der Waals surface area contributed by atoms with E-state index in [2.05, 4.69) is 6.92 Å². The Kier molecular flexibility index (Phi) is 1.89. The van der Waals surface area contributed by atoms with E-state index in [1.807, 2.05) is 12.1 Å². The van der Waals surface area contributed by atoms with Gasteiger partial charge in [-0.2, -0.15) is 0 Å². The molecule has 2 rings (SSSR count). The first-order valence-electron chi connectivity index (χ1n) is 4.12. The lowest BCUT2D eigenvalue weighted by atomic mass is 10.2. The van der Waals surface area contributed by atoms with Crippen LogP contribution in [0.3, 0.4) is 0 Å². The van der Waals surface area contributed by atoms with Gasteiger partial charge in [-0.05, 0) is 19.1 Å². The number of fused-ring (bicyclic) bond motifs is 1. The molecule has 0 fully saturated rings. The Morgan fingerprint density at radius 3 is 2.85 bits per heavy atom. The Bertz CT molecular complexity index is 483. The Morgan fingerprint density at radius 1 is 1.31 bits per heavy atom. The maximum Gasteiger partial charge on any atom is 0.192 e. The molecule has 0 amide bonds. The third-order valence-corrected chi connectivity index (χ3v) is 1.93. The predicted molar refractivity (Wildman–Crippen MR) is 51.5 cm³/mol. The maximum absolute atomic E-state index is 11.5.